The highest BCUT2D eigenvalue weighted by molar-refractivity contribution is 9.09. The van der Waals surface area contributed by atoms with Crippen LogP contribution in [0.4, 0.5) is 0 Å². The van der Waals surface area contributed by atoms with Crippen molar-refractivity contribution in [3.63, 3.8) is 0 Å². The van der Waals surface area contributed by atoms with Crippen LogP contribution in [0.1, 0.15) is 17.3 Å². The molecule has 0 N–H and O–H groups in total. The molecule has 0 spiro atoms. The average Bonchev–Trinajstić information content (AvgIpc) is 2.45. The largest absolute Gasteiger partial charge is 0.350 e. The minimum Gasteiger partial charge on any atom is -0.350 e. The minimum absolute atomic E-state index is 0.415. The van der Waals surface area contributed by atoms with Crippen molar-refractivity contribution in [3.05, 3.63) is 36.0 Å². The van der Waals surface area contributed by atoms with Gasteiger partial charge in [-0.05, 0) is 18.6 Å². The molecular weight excluding hydrogens is 226 g/mol. The third kappa shape index (κ3) is 1.39. The molecule has 0 fully saturated rings. The van der Waals surface area contributed by atoms with Crippen molar-refractivity contribution in [2.75, 3.05) is 0 Å². The highest BCUT2D eigenvalue weighted by Gasteiger charge is 2.08. The van der Waals surface area contributed by atoms with Gasteiger partial charge in [-0.1, -0.05) is 34.1 Å². The molecule has 0 bridgehead atoms. The fourth-order valence-corrected chi connectivity index (χ4v) is 2.05. The predicted molar refractivity (Wildman–Crippen MR) is 60.3 cm³/mol. The molecule has 0 saturated carbocycles. The monoisotopic (exact) mass is 237 g/mol. The molecule has 13 heavy (non-hydrogen) atoms. The van der Waals surface area contributed by atoms with E-state index in [1.165, 1.54) is 16.5 Å². The van der Waals surface area contributed by atoms with Crippen LogP contribution in [0, 0.1) is 0 Å². The summed E-state index contributed by atoms with van der Waals surface area (Å²) in [6.45, 7) is 2.15. The van der Waals surface area contributed by atoms with Gasteiger partial charge >= 0.3 is 0 Å². The first-order chi connectivity index (χ1) is 6.20. The number of hydrogen-bond acceptors (Lipinski definition) is 0. The fraction of sp³-hybridized carbons (Fsp3) is 0.273. The Morgan fingerprint density at radius 3 is 2.69 bits per heavy atom. The second kappa shape index (κ2) is 3.18. The Balaban J connectivity index is 2.78. The molecule has 1 nitrogen and oxygen atoms in total. The maximum absolute atomic E-state index is 3.60. The first-order valence-electron chi connectivity index (χ1n) is 4.38. The number of rotatable bonds is 1. The lowest BCUT2D eigenvalue weighted by molar-refractivity contribution is 0.953. The molecule has 1 atom stereocenters. The third-order valence-corrected chi connectivity index (χ3v) is 2.85. The van der Waals surface area contributed by atoms with E-state index in [9.17, 15) is 0 Å². The summed E-state index contributed by atoms with van der Waals surface area (Å²) in [5.41, 5.74) is 2.65. The molecule has 0 saturated heterocycles. The molecule has 0 aliphatic carbocycles. The summed E-state index contributed by atoms with van der Waals surface area (Å²) in [6.07, 6.45) is 2.18. The zero-order valence-electron chi connectivity index (χ0n) is 7.79. The maximum Gasteiger partial charge on any atom is 0.0480 e. The van der Waals surface area contributed by atoms with Crippen LogP contribution >= 0.6 is 15.9 Å². The molecule has 2 rings (SSSR count). The number of halogens is 1. The normalized spacial score (nSPS) is 13.5. The third-order valence-electron chi connectivity index (χ3n) is 2.36. The molecule has 1 aromatic carbocycles. The molecule has 1 aromatic heterocycles. The Kier molecular flexibility index (Phi) is 2.16. The summed E-state index contributed by atoms with van der Waals surface area (Å²) in [5, 5.41) is 1.34. The number of aryl methyl sites for hydroxylation is 1. The zero-order chi connectivity index (χ0) is 9.42. The van der Waals surface area contributed by atoms with Crippen LogP contribution in [-0.4, -0.2) is 4.57 Å². The second-order valence-electron chi connectivity index (χ2n) is 3.33. The Morgan fingerprint density at radius 2 is 2.00 bits per heavy atom. The van der Waals surface area contributed by atoms with Gasteiger partial charge in [-0.15, -0.1) is 0 Å². The van der Waals surface area contributed by atoms with Crippen molar-refractivity contribution in [1.29, 1.82) is 0 Å². The number of aromatic nitrogens is 1. The first-order valence-corrected chi connectivity index (χ1v) is 5.29. The number of nitrogens with zero attached hydrogens (tertiary/aromatic N) is 1. The molecular formula is C11H12BrN. The van der Waals surface area contributed by atoms with E-state index < -0.39 is 0 Å². The van der Waals surface area contributed by atoms with E-state index in [-0.39, 0.29) is 0 Å². The summed E-state index contributed by atoms with van der Waals surface area (Å²) in [4.78, 5) is 0.415. The minimum atomic E-state index is 0.415. The number of alkyl halides is 1. The van der Waals surface area contributed by atoms with Gasteiger partial charge in [0.25, 0.3) is 0 Å². The van der Waals surface area contributed by atoms with Gasteiger partial charge in [-0.2, -0.15) is 0 Å². The van der Waals surface area contributed by atoms with Crippen LogP contribution in [0.25, 0.3) is 10.9 Å². The summed E-state index contributed by atoms with van der Waals surface area (Å²) in [7, 11) is 2.08. The van der Waals surface area contributed by atoms with E-state index in [0.717, 1.165) is 0 Å². The summed E-state index contributed by atoms with van der Waals surface area (Å²) >= 11 is 3.60. The quantitative estimate of drug-likeness (QED) is 0.668. The maximum atomic E-state index is 3.60. The van der Waals surface area contributed by atoms with Crippen LogP contribution in [0.5, 0.6) is 0 Å². The van der Waals surface area contributed by atoms with Crippen molar-refractivity contribution in [2.24, 2.45) is 7.05 Å². The smallest absolute Gasteiger partial charge is 0.0480 e. The van der Waals surface area contributed by atoms with Crippen LogP contribution in [0.15, 0.2) is 30.5 Å². The van der Waals surface area contributed by atoms with E-state index >= 15 is 0 Å². The van der Waals surface area contributed by atoms with Crippen molar-refractivity contribution < 1.29 is 0 Å². The van der Waals surface area contributed by atoms with Gasteiger partial charge in [0.1, 0.15) is 0 Å². The number of hydrogen-bond donors (Lipinski definition) is 0. The Bertz CT molecular complexity index is 429. The Morgan fingerprint density at radius 1 is 1.31 bits per heavy atom. The van der Waals surface area contributed by atoms with Gasteiger partial charge in [0, 0.05) is 29.0 Å². The standard InChI is InChI=1S/C11H12BrN/c1-8(12)10-7-13(2)11-6-4-3-5-9(10)11/h3-8H,1-2H3. The highest BCUT2D eigenvalue weighted by atomic mass is 79.9. The molecule has 2 aromatic rings. The van der Waals surface area contributed by atoms with E-state index in [1.807, 2.05) is 0 Å². The van der Waals surface area contributed by atoms with Crippen molar-refractivity contribution in [3.8, 4) is 0 Å². The van der Waals surface area contributed by atoms with E-state index in [2.05, 4.69) is 64.9 Å². The molecule has 1 unspecified atom stereocenters. The summed E-state index contributed by atoms with van der Waals surface area (Å²) in [6, 6.07) is 8.48. The topological polar surface area (TPSA) is 4.93 Å². The van der Waals surface area contributed by atoms with Gasteiger partial charge in [-0.3, -0.25) is 0 Å². The Labute approximate surface area is 86.5 Å². The predicted octanol–water partition coefficient (Wildman–Crippen LogP) is 3.63. The van der Waals surface area contributed by atoms with Gasteiger partial charge < -0.3 is 4.57 Å². The average molecular weight is 238 g/mol. The lowest BCUT2D eigenvalue weighted by Crippen LogP contribution is -1.82. The van der Waals surface area contributed by atoms with Gasteiger partial charge in [0.15, 0.2) is 0 Å². The Hall–Kier alpha value is -0.760. The van der Waals surface area contributed by atoms with Gasteiger partial charge in [0.2, 0.25) is 0 Å². The van der Waals surface area contributed by atoms with E-state index in [0.29, 0.717) is 4.83 Å². The van der Waals surface area contributed by atoms with Crippen LogP contribution < -0.4 is 0 Å². The van der Waals surface area contributed by atoms with E-state index in [1.54, 1.807) is 0 Å². The molecule has 68 valence electrons. The van der Waals surface area contributed by atoms with Crippen LogP contribution in [0.3, 0.4) is 0 Å². The summed E-state index contributed by atoms with van der Waals surface area (Å²) < 4.78 is 2.17. The molecule has 0 radical (unpaired) electrons. The van der Waals surface area contributed by atoms with Crippen molar-refractivity contribution in [2.45, 2.75) is 11.8 Å². The second-order valence-corrected chi connectivity index (χ2v) is 4.70. The van der Waals surface area contributed by atoms with Crippen LogP contribution in [-0.2, 0) is 7.05 Å². The molecule has 0 amide bonds. The van der Waals surface area contributed by atoms with E-state index in [4.69, 9.17) is 0 Å². The molecule has 2 heteroatoms. The SMILES string of the molecule is CC(Br)c1cn(C)c2ccccc12. The van der Waals surface area contributed by atoms with Crippen molar-refractivity contribution >= 4 is 26.8 Å². The summed E-state index contributed by atoms with van der Waals surface area (Å²) in [5.74, 6) is 0. The fourth-order valence-electron chi connectivity index (χ4n) is 1.69. The van der Waals surface area contributed by atoms with Gasteiger partial charge in [0.05, 0.1) is 0 Å². The van der Waals surface area contributed by atoms with Crippen molar-refractivity contribution in [1.82, 2.24) is 4.57 Å². The van der Waals surface area contributed by atoms with Crippen LogP contribution in [0.2, 0.25) is 0 Å². The molecule has 0 aliphatic heterocycles. The first kappa shape index (κ1) is 8.82. The lowest BCUT2D eigenvalue weighted by Gasteiger charge is -1.98. The number of para-hydroxylation sites is 1. The number of fused-ring (bicyclic) bond motifs is 1. The number of benzene rings is 1. The zero-order valence-corrected chi connectivity index (χ0v) is 9.38. The lowest BCUT2D eigenvalue weighted by atomic mass is 10.1. The van der Waals surface area contributed by atoms with Gasteiger partial charge in [-0.25, -0.2) is 0 Å². The molecule has 0 aliphatic rings. The molecule has 1 heterocycles. The highest BCUT2D eigenvalue weighted by Crippen LogP contribution is 2.30.